The summed E-state index contributed by atoms with van der Waals surface area (Å²) in [7, 11) is 4.01. The van der Waals surface area contributed by atoms with Gasteiger partial charge >= 0.3 is 0 Å². The summed E-state index contributed by atoms with van der Waals surface area (Å²) in [6.45, 7) is 3.52. The van der Waals surface area contributed by atoms with E-state index in [-0.39, 0.29) is 5.91 Å². The number of carbonyl (C=O) groups excluding carboxylic acids is 1. The Bertz CT molecular complexity index is 688. The highest BCUT2D eigenvalue weighted by Gasteiger charge is 2.08. The maximum Gasteiger partial charge on any atom is 0.254 e. The Balaban J connectivity index is 1.92. The van der Waals surface area contributed by atoms with Gasteiger partial charge in [-0.25, -0.2) is 9.97 Å². The number of carbonyl (C=O) groups is 1. The van der Waals surface area contributed by atoms with Crippen LogP contribution in [0.25, 0.3) is 0 Å². The number of hydrogen-bond donors (Lipinski definition) is 2. The molecule has 0 spiro atoms. The average Bonchev–Trinajstić information content (AvgIpc) is 2.55. The van der Waals surface area contributed by atoms with Crippen LogP contribution in [0, 0.1) is 6.92 Å². The summed E-state index contributed by atoms with van der Waals surface area (Å²) in [5.74, 6) is 0.253. The molecule has 2 N–H and O–H groups in total. The fourth-order valence-electron chi connectivity index (χ4n) is 2.06. The fourth-order valence-corrected chi connectivity index (χ4v) is 2.23. The summed E-state index contributed by atoms with van der Waals surface area (Å²) in [4.78, 5) is 22.5. The lowest BCUT2D eigenvalue weighted by Gasteiger charge is -2.10. The highest BCUT2D eigenvalue weighted by molar-refractivity contribution is 6.30. The van der Waals surface area contributed by atoms with Gasteiger partial charge in [0, 0.05) is 29.6 Å². The van der Waals surface area contributed by atoms with Crippen LogP contribution in [0.1, 0.15) is 22.3 Å². The van der Waals surface area contributed by atoms with E-state index in [4.69, 9.17) is 11.6 Å². The van der Waals surface area contributed by atoms with Crippen LogP contribution in [0.15, 0.2) is 30.6 Å². The van der Waals surface area contributed by atoms with Gasteiger partial charge in [0.15, 0.2) is 0 Å². The first-order valence-corrected chi connectivity index (χ1v) is 8.11. The highest BCUT2D eigenvalue weighted by atomic mass is 35.5. The van der Waals surface area contributed by atoms with Crippen LogP contribution in [0.3, 0.4) is 0 Å². The monoisotopic (exact) mass is 347 g/mol. The molecule has 0 aliphatic heterocycles. The molecule has 0 radical (unpaired) electrons. The average molecular weight is 348 g/mol. The minimum atomic E-state index is -0.167. The first-order valence-electron chi connectivity index (χ1n) is 7.74. The molecule has 128 valence electrons. The van der Waals surface area contributed by atoms with E-state index >= 15 is 0 Å². The van der Waals surface area contributed by atoms with Crippen LogP contribution in [-0.4, -0.2) is 48.0 Å². The van der Waals surface area contributed by atoms with Gasteiger partial charge in [0.25, 0.3) is 5.91 Å². The normalized spacial score (nSPS) is 10.7. The number of aromatic nitrogens is 2. The third-order valence-electron chi connectivity index (χ3n) is 3.43. The summed E-state index contributed by atoms with van der Waals surface area (Å²) in [5, 5.41) is 6.59. The Hall–Kier alpha value is -2.18. The third-order valence-corrected chi connectivity index (χ3v) is 3.66. The van der Waals surface area contributed by atoms with E-state index in [2.05, 4.69) is 25.5 Å². The third kappa shape index (κ3) is 5.47. The first kappa shape index (κ1) is 18.2. The minimum Gasteiger partial charge on any atom is -0.352 e. The predicted octanol–water partition coefficient (Wildman–Crippen LogP) is 2.86. The number of nitrogens with zero attached hydrogens (tertiary/aromatic N) is 3. The fraction of sp³-hybridized carbons (Fsp3) is 0.353. The molecular weight excluding hydrogens is 326 g/mol. The maximum absolute atomic E-state index is 12.0. The Morgan fingerprint density at radius 2 is 1.96 bits per heavy atom. The van der Waals surface area contributed by atoms with E-state index in [1.165, 1.54) is 12.4 Å². The summed E-state index contributed by atoms with van der Waals surface area (Å²) < 4.78 is 0. The van der Waals surface area contributed by atoms with Crippen LogP contribution < -0.4 is 10.6 Å². The van der Waals surface area contributed by atoms with E-state index < -0.39 is 0 Å². The molecule has 0 saturated heterocycles. The van der Waals surface area contributed by atoms with E-state index in [0.717, 1.165) is 24.2 Å². The molecule has 1 amide bonds. The van der Waals surface area contributed by atoms with E-state index in [0.29, 0.717) is 23.1 Å². The van der Waals surface area contributed by atoms with Crippen molar-refractivity contribution >= 4 is 29.1 Å². The molecular formula is C17H22ClN5O. The van der Waals surface area contributed by atoms with Gasteiger partial charge < -0.3 is 15.5 Å². The summed E-state index contributed by atoms with van der Waals surface area (Å²) in [6, 6.07) is 5.55. The largest absolute Gasteiger partial charge is 0.352 e. The molecule has 0 fully saturated rings. The van der Waals surface area contributed by atoms with Gasteiger partial charge in [-0.05, 0) is 51.7 Å². The second kappa shape index (κ2) is 8.61. The van der Waals surface area contributed by atoms with Crippen molar-refractivity contribution in [1.29, 1.82) is 0 Å². The van der Waals surface area contributed by atoms with E-state index in [9.17, 15) is 4.79 Å². The number of nitrogens with one attached hydrogen (secondary N) is 2. The molecule has 1 aromatic carbocycles. The zero-order chi connectivity index (χ0) is 17.5. The number of anilines is 2. The molecule has 0 unspecified atom stereocenters. The second-order valence-electron chi connectivity index (χ2n) is 5.79. The SMILES string of the molecule is Cc1ccc(Cl)cc1Nc1ncc(C(=O)NCCCN(C)C)cn1. The van der Waals surface area contributed by atoms with Crippen molar-refractivity contribution in [3.05, 3.63) is 46.7 Å². The number of hydrogen-bond acceptors (Lipinski definition) is 5. The quantitative estimate of drug-likeness (QED) is 0.754. The molecule has 2 rings (SSSR count). The van der Waals surface area contributed by atoms with Crippen LogP contribution in [-0.2, 0) is 0 Å². The number of rotatable bonds is 7. The lowest BCUT2D eigenvalue weighted by molar-refractivity contribution is 0.0951. The van der Waals surface area contributed by atoms with E-state index in [1.54, 1.807) is 0 Å². The molecule has 0 aliphatic carbocycles. The van der Waals surface area contributed by atoms with Gasteiger partial charge in [-0.1, -0.05) is 17.7 Å². The molecule has 6 nitrogen and oxygen atoms in total. The Morgan fingerprint density at radius 3 is 2.62 bits per heavy atom. The Labute approximate surface area is 147 Å². The molecule has 2 aromatic rings. The molecule has 1 aromatic heterocycles. The van der Waals surface area contributed by atoms with Crippen molar-refractivity contribution in [2.45, 2.75) is 13.3 Å². The van der Waals surface area contributed by atoms with Crippen LogP contribution >= 0.6 is 11.6 Å². The van der Waals surface area contributed by atoms with Crippen molar-refractivity contribution in [1.82, 2.24) is 20.2 Å². The topological polar surface area (TPSA) is 70.2 Å². The molecule has 7 heteroatoms. The van der Waals surface area contributed by atoms with Gasteiger partial charge in [0.1, 0.15) is 0 Å². The van der Waals surface area contributed by atoms with Crippen molar-refractivity contribution in [2.75, 3.05) is 32.5 Å². The molecule has 0 bridgehead atoms. The summed E-state index contributed by atoms with van der Waals surface area (Å²) in [5.41, 5.74) is 2.31. The van der Waals surface area contributed by atoms with Crippen molar-refractivity contribution < 1.29 is 4.79 Å². The Morgan fingerprint density at radius 1 is 1.25 bits per heavy atom. The van der Waals surface area contributed by atoms with Crippen molar-refractivity contribution in [3.63, 3.8) is 0 Å². The smallest absolute Gasteiger partial charge is 0.254 e. The summed E-state index contributed by atoms with van der Waals surface area (Å²) >= 11 is 5.99. The second-order valence-corrected chi connectivity index (χ2v) is 6.23. The number of halogens is 1. The lowest BCUT2D eigenvalue weighted by Crippen LogP contribution is -2.27. The van der Waals surface area contributed by atoms with Gasteiger partial charge in [0.05, 0.1) is 5.56 Å². The van der Waals surface area contributed by atoms with Gasteiger partial charge in [-0.3, -0.25) is 4.79 Å². The molecule has 0 atom stereocenters. The van der Waals surface area contributed by atoms with E-state index in [1.807, 2.05) is 39.2 Å². The predicted molar refractivity (Wildman–Crippen MR) is 97.0 cm³/mol. The first-order chi connectivity index (χ1) is 11.5. The molecule has 0 aliphatic rings. The number of benzene rings is 1. The van der Waals surface area contributed by atoms with Crippen LogP contribution in [0.2, 0.25) is 5.02 Å². The van der Waals surface area contributed by atoms with Gasteiger partial charge in [-0.2, -0.15) is 0 Å². The molecule has 0 saturated carbocycles. The minimum absolute atomic E-state index is 0.167. The van der Waals surface area contributed by atoms with Crippen LogP contribution in [0.4, 0.5) is 11.6 Å². The van der Waals surface area contributed by atoms with Crippen LogP contribution in [0.5, 0.6) is 0 Å². The molecule has 1 heterocycles. The van der Waals surface area contributed by atoms with Gasteiger partial charge in [-0.15, -0.1) is 0 Å². The lowest BCUT2D eigenvalue weighted by atomic mass is 10.2. The van der Waals surface area contributed by atoms with Crippen molar-refractivity contribution in [2.24, 2.45) is 0 Å². The Kier molecular flexibility index (Phi) is 6.52. The maximum atomic E-state index is 12.0. The number of aryl methyl sites for hydroxylation is 1. The standard InChI is InChI=1S/C17H22ClN5O/c1-12-5-6-14(18)9-15(12)22-17-20-10-13(11-21-17)16(24)19-7-4-8-23(2)3/h5-6,9-11H,4,7-8H2,1-3H3,(H,19,24)(H,20,21,22). The van der Waals surface area contributed by atoms with Gasteiger partial charge in [0.2, 0.25) is 5.95 Å². The highest BCUT2D eigenvalue weighted by Crippen LogP contribution is 2.22. The molecule has 24 heavy (non-hydrogen) atoms. The zero-order valence-corrected chi connectivity index (χ0v) is 14.9. The zero-order valence-electron chi connectivity index (χ0n) is 14.1. The number of amides is 1. The summed E-state index contributed by atoms with van der Waals surface area (Å²) in [6.07, 6.45) is 3.92. The van der Waals surface area contributed by atoms with Crippen molar-refractivity contribution in [3.8, 4) is 0 Å².